The second-order valence-corrected chi connectivity index (χ2v) is 6.75. The minimum absolute atomic E-state index is 0.0747. The molecule has 0 spiro atoms. The number of piperazine rings is 1. The third kappa shape index (κ3) is 4.56. The largest absolute Gasteiger partial charge is 0.369 e. The highest BCUT2D eigenvalue weighted by atomic mass is 35.5. The maximum absolute atomic E-state index is 12.4. The maximum atomic E-state index is 12.4. The van der Waals surface area contributed by atoms with Crippen LogP contribution in [0.3, 0.4) is 0 Å². The topological polar surface area (TPSA) is 78.7 Å². The molecule has 0 radical (unpaired) electrons. The number of nitro benzene ring substituents is 1. The SMILES string of the molecule is CCN1CCN(c2ccc(NC(=O)c3cc([N+](=O)[O-])ccc3Cl)cc2)CC1. The Morgan fingerprint density at radius 1 is 1.15 bits per heavy atom. The highest BCUT2D eigenvalue weighted by Gasteiger charge is 2.17. The number of nitrogens with one attached hydrogen (secondary N) is 1. The van der Waals surface area contributed by atoms with Gasteiger partial charge in [0.05, 0.1) is 15.5 Å². The van der Waals surface area contributed by atoms with Crippen molar-refractivity contribution in [3.63, 3.8) is 0 Å². The van der Waals surface area contributed by atoms with Crippen molar-refractivity contribution in [1.29, 1.82) is 0 Å². The van der Waals surface area contributed by atoms with E-state index in [0.29, 0.717) is 5.69 Å². The van der Waals surface area contributed by atoms with E-state index in [1.54, 1.807) is 0 Å². The zero-order valence-electron chi connectivity index (χ0n) is 15.0. The summed E-state index contributed by atoms with van der Waals surface area (Å²) in [5.74, 6) is -0.479. The molecular weight excluding hydrogens is 368 g/mol. The number of non-ortho nitro benzene ring substituents is 1. The zero-order valence-corrected chi connectivity index (χ0v) is 15.8. The summed E-state index contributed by atoms with van der Waals surface area (Å²) >= 11 is 6.02. The number of anilines is 2. The lowest BCUT2D eigenvalue weighted by atomic mass is 10.1. The first-order valence-electron chi connectivity index (χ1n) is 8.80. The van der Waals surface area contributed by atoms with Gasteiger partial charge in [0, 0.05) is 49.7 Å². The molecule has 8 heteroatoms. The van der Waals surface area contributed by atoms with Gasteiger partial charge in [-0.1, -0.05) is 18.5 Å². The second-order valence-electron chi connectivity index (χ2n) is 6.34. The quantitative estimate of drug-likeness (QED) is 0.624. The number of nitrogens with zero attached hydrogens (tertiary/aromatic N) is 3. The Labute approximate surface area is 162 Å². The van der Waals surface area contributed by atoms with Crippen molar-refractivity contribution in [2.45, 2.75) is 6.92 Å². The molecule has 2 aromatic carbocycles. The third-order valence-electron chi connectivity index (χ3n) is 4.72. The van der Waals surface area contributed by atoms with Crippen LogP contribution in [0.2, 0.25) is 5.02 Å². The molecule has 1 aliphatic heterocycles. The average molecular weight is 389 g/mol. The van der Waals surface area contributed by atoms with E-state index in [2.05, 4.69) is 22.0 Å². The Hall–Kier alpha value is -2.64. The molecule has 7 nitrogen and oxygen atoms in total. The molecule has 0 aromatic heterocycles. The van der Waals surface area contributed by atoms with E-state index < -0.39 is 10.8 Å². The highest BCUT2D eigenvalue weighted by Crippen LogP contribution is 2.24. The molecule has 0 bridgehead atoms. The van der Waals surface area contributed by atoms with Gasteiger partial charge in [-0.25, -0.2) is 0 Å². The minimum atomic E-state index is -0.555. The molecule has 27 heavy (non-hydrogen) atoms. The number of hydrogen-bond donors (Lipinski definition) is 1. The number of amides is 1. The Bertz CT molecular complexity index is 833. The van der Waals surface area contributed by atoms with Crippen LogP contribution in [-0.2, 0) is 0 Å². The maximum Gasteiger partial charge on any atom is 0.270 e. The number of rotatable bonds is 5. The normalized spacial score (nSPS) is 14.8. The van der Waals surface area contributed by atoms with Gasteiger partial charge in [0.15, 0.2) is 0 Å². The summed E-state index contributed by atoms with van der Waals surface area (Å²) in [5, 5.41) is 13.8. The standard InChI is InChI=1S/C19H21ClN4O3/c1-2-22-9-11-23(12-10-22)15-5-3-14(4-6-15)21-19(25)17-13-16(24(26)27)7-8-18(17)20/h3-8,13H,2,9-12H2,1H3,(H,21,25). The van der Waals surface area contributed by atoms with Crippen LogP contribution >= 0.6 is 11.6 Å². The summed E-state index contributed by atoms with van der Waals surface area (Å²) in [6, 6.07) is 11.4. The van der Waals surface area contributed by atoms with E-state index in [1.165, 1.54) is 18.2 Å². The molecule has 0 unspecified atom stereocenters. The predicted octanol–water partition coefficient (Wildman–Crippen LogP) is 3.64. The highest BCUT2D eigenvalue weighted by molar-refractivity contribution is 6.34. The van der Waals surface area contributed by atoms with Gasteiger partial charge < -0.3 is 15.1 Å². The first kappa shape index (κ1) is 19.1. The van der Waals surface area contributed by atoms with E-state index in [9.17, 15) is 14.9 Å². The summed E-state index contributed by atoms with van der Waals surface area (Å²) in [6.45, 7) is 7.27. The van der Waals surface area contributed by atoms with E-state index in [0.717, 1.165) is 38.4 Å². The molecule has 0 saturated carbocycles. The molecule has 1 fully saturated rings. The third-order valence-corrected chi connectivity index (χ3v) is 5.04. The van der Waals surface area contributed by atoms with Gasteiger partial charge in [0.25, 0.3) is 11.6 Å². The smallest absolute Gasteiger partial charge is 0.270 e. The number of halogens is 1. The number of likely N-dealkylation sites (N-methyl/N-ethyl adjacent to an activating group) is 1. The van der Waals surface area contributed by atoms with Crippen molar-refractivity contribution < 1.29 is 9.72 Å². The molecule has 1 heterocycles. The molecule has 0 atom stereocenters. The number of hydrogen-bond acceptors (Lipinski definition) is 5. The molecule has 142 valence electrons. The van der Waals surface area contributed by atoms with E-state index in [1.807, 2.05) is 24.3 Å². The Morgan fingerprint density at radius 3 is 2.41 bits per heavy atom. The van der Waals surface area contributed by atoms with Crippen molar-refractivity contribution in [3.05, 3.63) is 63.2 Å². The fraction of sp³-hybridized carbons (Fsp3) is 0.316. The van der Waals surface area contributed by atoms with Gasteiger partial charge in [-0.3, -0.25) is 14.9 Å². The van der Waals surface area contributed by atoms with Gasteiger partial charge in [-0.2, -0.15) is 0 Å². The van der Waals surface area contributed by atoms with Crippen molar-refractivity contribution in [1.82, 2.24) is 4.90 Å². The molecule has 1 saturated heterocycles. The molecule has 1 N–H and O–H groups in total. The van der Waals surface area contributed by atoms with Gasteiger partial charge in [0.2, 0.25) is 0 Å². The van der Waals surface area contributed by atoms with Crippen LogP contribution in [0, 0.1) is 10.1 Å². The summed E-state index contributed by atoms with van der Waals surface area (Å²) in [5.41, 5.74) is 1.62. The van der Waals surface area contributed by atoms with Gasteiger partial charge >= 0.3 is 0 Å². The van der Waals surface area contributed by atoms with Gasteiger partial charge in [0.1, 0.15) is 0 Å². The summed E-state index contributed by atoms with van der Waals surface area (Å²) < 4.78 is 0. The van der Waals surface area contributed by atoms with Crippen LogP contribution in [0.1, 0.15) is 17.3 Å². The van der Waals surface area contributed by atoms with Crippen LogP contribution < -0.4 is 10.2 Å². The summed E-state index contributed by atoms with van der Waals surface area (Å²) in [4.78, 5) is 27.5. The van der Waals surface area contributed by atoms with Crippen LogP contribution in [0.25, 0.3) is 0 Å². The lowest BCUT2D eigenvalue weighted by Crippen LogP contribution is -2.46. The van der Waals surface area contributed by atoms with Crippen LogP contribution in [0.5, 0.6) is 0 Å². The number of benzene rings is 2. The van der Waals surface area contributed by atoms with Crippen molar-refractivity contribution in [3.8, 4) is 0 Å². The molecule has 2 aromatic rings. The molecular formula is C19H21ClN4O3. The van der Waals surface area contributed by atoms with Gasteiger partial charge in [-0.15, -0.1) is 0 Å². The lowest BCUT2D eigenvalue weighted by molar-refractivity contribution is -0.384. The van der Waals surface area contributed by atoms with Crippen molar-refractivity contribution >= 4 is 34.6 Å². The predicted molar refractivity (Wildman–Crippen MR) is 107 cm³/mol. The zero-order chi connectivity index (χ0) is 19.4. The van der Waals surface area contributed by atoms with Crippen molar-refractivity contribution in [2.24, 2.45) is 0 Å². The van der Waals surface area contributed by atoms with Crippen LogP contribution in [0.4, 0.5) is 17.1 Å². The Balaban J connectivity index is 1.67. The van der Waals surface area contributed by atoms with E-state index in [-0.39, 0.29) is 16.3 Å². The summed E-state index contributed by atoms with van der Waals surface area (Å²) in [7, 11) is 0. The van der Waals surface area contributed by atoms with Gasteiger partial charge in [-0.05, 0) is 36.9 Å². The average Bonchev–Trinajstić information content (AvgIpc) is 2.68. The van der Waals surface area contributed by atoms with Crippen LogP contribution in [0.15, 0.2) is 42.5 Å². The number of carbonyl (C=O) groups excluding carboxylic acids is 1. The van der Waals surface area contributed by atoms with Crippen LogP contribution in [-0.4, -0.2) is 48.5 Å². The first-order chi connectivity index (χ1) is 13.0. The first-order valence-corrected chi connectivity index (χ1v) is 9.18. The van der Waals surface area contributed by atoms with E-state index >= 15 is 0 Å². The molecule has 0 aliphatic carbocycles. The van der Waals surface area contributed by atoms with Crippen molar-refractivity contribution in [2.75, 3.05) is 42.9 Å². The fourth-order valence-electron chi connectivity index (χ4n) is 3.08. The monoisotopic (exact) mass is 388 g/mol. The minimum Gasteiger partial charge on any atom is -0.369 e. The summed E-state index contributed by atoms with van der Waals surface area (Å²) in [6.07, 6.45) is 0. The molecule has 3 rings (SSSR count). The lowest BCUT2D eigenvalue weighted by Gasteiger charge is -2.35. The Kier molecular flexibility index (Phi) is 5.93. The molecule has 1 aliphatic rings. The second kappa shape index (κ2) is 8.37. The Morgan fingerprint density at radius 2 is 1.81 bits per heavy atom. The van der Waals surface area contributed by atoms with E-state index in [4.69, 9.17) is 11.6 Å². The fourth-order valence-corrected chi connectivity index (χ4v) is 3.28. The molecule has 1 amide bonds. The number of carbonyl (C=O) groups is 1. The number of nitro groups is 1.